The molecular formula is C13H25NO3. The van der Waals surface area contributed by atoms with Gasteiger partial charge in [-0.1, -0.05) is 27.7 Å². The molecule has 0 heterocycles. The predicted molar refractivity (Wildman–Crippen MR) is 67.7 cm³/mol. The van der Waals surface area contributed by atoms with E-state index in [0.717, 1.165) is 0 Å². The van der Waals surface area contributed by atoms with Crippen LogP contribution in [0.3, 0.4) is 0 Å². The molecule has 0 aliphatic carbocycles. The Morgan fingerprint density at radius 1 is 1.06 bits per heavy atom. The van der Waals surface area contributed by atoms with E-state index in [1.54, 1.807) is 0 Å². The zero-order valence-electron chi connectivity index (χ0n) is 11.4. The largest absolute Gasteiger partial charge is 0.380 e. The van der Waals surface area contributed by atoms with Gasteiger partial charge in [0.15, 0.2) is 0 Å². The van der Waals surface area contributed by atoms with Crippen molar-refractivity contribution in [3.05, 3.63) is 0 Å². The van der Waals surface area contributed by atoms with Crippen LogP contribution in [0.2, 0.25) is 0 Å². The molecule has 0 atom stereocenters. The molecule has 0 spiro atoms. The molecule has 0 aliphatic rings. The molecule has 0 aromatic heterocycles. The molecular weight excluding hydrogens is 218 g/mol. The molecule has 4 nitrogen and oxygen atoms in total. The molecule has 0 aromatic rings. The number of rotatable bonds is 9. The van der Waals surface area contributed by atoms with Gasteiger partial charge in [-0.05, 0) is 5.92 Å². The van der Waals surface area contributed by atoms with Crippen LogP contribution in [0, 0.1) is 11.8 Å². The Bertz CT molecular complexity index is 237. The minimum atomic E-state index is 0.00823. The first-order valence-electron chi connectivity index (χ1n) is 6.30. The number of hydrogen-bond donors (Lipinski definition) is 1. The highest BCUT2D eigenvalue weighted by Crippen LogP contribution is 1.99. The standard InChI is InChI=1S/C13H25NO3/c1-10(2)9-14-13(16)6-8-17-7-5-12(15)11(3)4/h10-11H,5-9H2,1-4H3,(H,14,16). The topological polar surface area (TPSA) is 55.4 Å². The minimum Gasteiger partial charge on any atom is -0.380 e. The fraction of sp³-hybridized carbons (Fsp3) is 0.846. The van der Waals surface area contributed by atoms with Crippen molar-refractivity contribution in [2.45, 2.75) is 40.5 Å². The second-order valence-corrected chi connectivity index (χ2v) is 4.93. The normalized spacial score (nSPS) is 10.9. The Kier molecular flexibility index (Phi) is 8.68. The maximum absolute atomic E-state index is 11.3. The molecule has 1 N–H and O–H groups in total. The maximum Gasteiger partial charge on any atom is 0.222 e. The Labute approximate surface area is 104 Å². The summed E-state index contributed by atoms with van der Waals surface area (Å²) in [6.07, 6.45) is 0.799. The molecule has 0 bridgehead atoms. The lowest BCUT2D eigenvalue weighted by Gasteiger charge is -2.08. The molecule has 0 saturated carbocycles. The van der Waals surface area contributed by atoms with Crippen LogP contribution in [0.15, 0.2) is 0 Å². The van der Waals surface area contributed by atoms with Gasteiger partial charge < -0.3 is 10.1 Å². The summed E-state index contributed by atoms with van der Waals surface area (Å²) >= 11 is 0. The number of ketones is 1. The van der Waals surface area contributed by atoms with Crippen LogP contribution >= 0.6 is 0 Å². The van der Waals surface area contributed by atoms with Crippen molar-refractivity contribution in [3.8, 4) is 0 Å². The van der Waals surface area contributed by atoms with Crippen molar-refractivity contribution < 1.29 is 14.3 Å². The molecule has 0 saturated heterocycles. The van der Waals surface area contributed by atoms with Gasteiger partial charge in [0, 0.05) is 25.3 Å². The van der Waals surface area contributed by atoms with Gasteiger partial charge in [-0.3, -0.25) is 9.59 Å². The lowest BCUT2D eigenvalue weighted by atomic mass is 10.1. The number of nitrogens with one attached hydrogen (secondary N) is 1. The van der Waals surface area contributed by atoms with Gasteiger partial charge in [-0.25, -0.2) is 0 Å². The van der Waals surface area contributed by atoms with E-state index >= 15 is 0 Å². The van der Waals surface area contributed by atoms with Gasteiger partial charge in [0.25, 0.3) is 0 Å². The van der Waals surface area contributed by atoms with E-state index in [1.807, 2.05) is 27.7 Å². The summed E-state index contributed by atoms with van der Waals surface area (Å²) in [5.74, 6) is 0.736. The van der Waals surface area contributed by atoms with Crippen LogP contribution < -0.4 is 5.32 Å². The highest BCUT2D eigenvalue weighted by Gasteiger charge is 2.07. The van der Waals surface area contributed by atoms with E-state index in [1.165, 1.54) is 0 Å². The van der Waals surface area contributed by atoms with Crippen molar-refractivity contribution in [2.75, 3.05) is 19.8 Å². The molecule has 0 aromatic carbocycles. The van der Waals surface area contributed by atoms with Crippen LogP contribution in [0.1, 0.15) is 40.5 Å². The highest BCUT2D eigenvalue weighted by atomic mass is 16.5. The van der Waals surface area contributed by atoms with Gasteiger partial charge in [0.05, 0.1) is 13.2 Å². The van der Waals surface area contributed by atoms with Crippen LogP contribution in [-0.4, -0.2) is 31.4 Å². The third-order valence-corrected chi connectivity index (χ3v) is 2.32. The molecule has 4 heteroatoms. The van der Waals surface area contributed by atoms with E-state index in [-0.39, 0.29) is 17.6 Å². The first kappa shape index (κ1) is 16.1. The third kappa shape index (κ3) is 10.00. The molecule has 0 fully saturated rings. The van der Waals surface area contributed by atoms with Gasteiger partial charge in [0.1, 0.15) is 5.78 Å². The van der Waals surface area contributed by atoms with E-state index in [9.17, 15) is 9.59 Å². The lowest BCUT2D eigenvalue weighted by molar-refractivity contribution is -0.123. The molecule has 0 unspecified atom stereocenters. The maximum atomic E-state index is 11.3. The highest BCUT2D eigenvalue weighted by molar-refractivity contribution is 5.80. The summed E-state index contributed by atoms with van der Waals surface area (Å²) in [5, 5.41) is 2.81. The number of Topliss-reactive ketones (excluding diaryl/α,β-unsaturated/α-hetero) is 1. The minimum absolute atomic E-state index is 0.00823. The van der Waals surface area contributed by atoms with Crippen LogP contribution in [0.25, 0.3) is 0 Å². The van der Waals surface area contributed by atoms with Gasteiger partial charge in [0.2, 0.25) is 5.91 Å². The summed E-state index contributed by atoms with van der Waals surface area (Å²) in [5.41, 5.74) is 0. The van der Waals surface area contributed by atoms with Crippen LogP contribution in [0.4, 0.5) is 0 Å². The van der Waals surface area contributed by atoms with E-state index < -0.39 is 0 Å². The second-order valence-electron chi connectivity index (χ2n) is 4.93. The first-order valence-corrected chi connectivity index (χ1v) is 6.30. The summed E-state index contributed by atoms with van der Waals surface area (Å²) in [6, 6.07) is 0. The van der Waals surface area contributed by atoms with E-state index in [0.29, 0.717) is 38.5 Å². The Hall–Kier alpha value is -0.900. The van der Waals surface area contributed by atoms with Crippen molar-refractivity contribution in [1.82, 2.24) is 5.32 Å². The van der Waals surface area contributed by atoms with Gasteiger partial charge in [-0.15, -0.1) is 0 Å². The molecule has 0 radical (unpaired) electrons. The van der Waals surface area contributed by atoms with Crippen molar-refractivity contribution >= 4 is 11.7 Å². The Morgan fingerprint density at radius 3 is 2.18 bits per heavy atom. The second kappa shape index (κ2) is 9.16. The molecule has 0 aliphatic heterocycles. The number of ether oxygens (including phenoxy) is 1. The summed E-state index contributed by atoms with van der Waals surface area (Å²) in [6.45, 7) is 9.35. The average molecular weight is 243 g/mol. The third-order valence-electron chi connectivity index (χ3n) is 2.32. The first-order chi connectivity index (χ1) is 7.93. The molecule has 17 heavy (non-hydrogen) atoms. The fourth-order valence-corrected chi connectivity index (χ4v) is 1.13. The van der Waals surface area contributed by atoms with Crippen molar-refractivity contribution in [2.24, 2.45) is 11.8 Å². The van der Waals surface area contributed by atoms with Crippen LogP contribution in [-0.2, 0) is 14.3 Å². The van der Waals surface area contributed by atoms with E-state index in [4.69, 9.17) is 4.74 Å². The van der Waals surface area contributed by atoms with Crippen molar-refractivity contribution in [3.63, 3.8) is 0 Å². The summed E-state index contributed by atoms with van der Waals surface area (Å²) in [7, 11) is 0. The Morgan fingerprint density at radius 2 is 1.65 bits per heavy atom. The average Bonchev–Trinajstić information content (AvgIpc) is 2.25. The zero-order chi connectivity index (χ0) is 13.3. The number of hydrogen-bond acceptors (Lipinski definition) is 3. The number of carbonyl (C=O) groups is 2. The summed E-state index contributed by atoms with van der Waals surface area (Å²) < 4.78 is 5.25. The van der Waals surface area contributed by atoms with E-state index in [2.05, 4.69) is 5.32 Å². The SMILES string of the molecule is CC(C)CNC(=O)CCOCCC(=O)C(C)C. The molecule has 100 valence electrons. The number of amides is 1. The molecule has 0 rings (SSSR count). The predicted octanol–water partition coefficient (Wildman–Crippen LogP) is 1.78. The quantitative estimate of drug-likeness (QED) is 0.628. The fourth-order valence-electron chi connectivity index (χ4n) is 1.13. The Balaban J connectivity index is 3.39. The van der Waals surface area contributed by atoms with Gasteiger partial charge in [-0.2, -0.15) is 0 Å². The number of carbonyl (C=O) groups excluding carboxylic acids is 2. The lowest BCUT2D eigenvalue weighted by Crippen LogP contribution is -2.28. The van der Waals surface area contributed by atoms with Crippen molar-refractivity contribution in [1.29, 1.82) is 0 Å². The smallest absolute Gasteiger partial charge is 0.222 e. The zero-order valence-corrected chi connectivity index (χ0v) is 11.4. The summed E-state index contributed by atoms with van der Waals surface area (Å²) in [4.78, 5) is 22.6. The van der Waals surface area contributed by atoms with Gasteiger partial charge >= 0.3 is 0 Å². The molecule has 1 amide bonds. The monoisotopic (exact) mass is 243 g/mol. The van der Waals surface area contributed by atoms with Crippen LogP contribution in [0.5, 0.6) is 0 Å².